The van der Waals surface area contributed by atoms with Gasteiger partial charge in [-0.25, -0.2) is 17.8 Å². The van der Waals surface area contributed by atoms with Gasteiger partial charge in [-0.3, -0.25) is 0 Å². The maximum Gasteiger partial charge on any atom is 0.501 e. The van der Waals surface area contributed by atoms with E-state index < -0.39 is 26.1 Å². The molecule has 0 N–H and O–H groups in total. The van der Waals surface area contributed by atoms with Crippen molar-refractivity contribution in [1.82, 2.24) is 4.98 Å². The Morgan fingerprint density at radius 2 is 2.04 bits per heavy atom. The van der Waals surface area contributed by atoms with Crippen LogP contribution in [0.5, 0.6) is 0 Å². The van der Waals surface area contributed by atoms with Crippen LogP contribution in [0.4, 0.5) is 23.2 Å². The van der Waals surface area contributed by atoms with Gasteiger partial charge in [-0.05, 0) is 31.0 Å². The quantitative estimate of drug-likeness (QED) is 0.740. The van der Waals surface area contributed by atoms with Gasteiger partial charge in [0.25, 0.3) is 9.84 Å². The average molecular weight is 394 g/mol. The molecule has 1 aliphatic rings. The van der Waals surface area contributed by atoms with E-state index in [4.69, 9.17) is 0 Å². The summed E-state index contributed by atoms with van der Waals surface area (Å²) in [7, 11) is -5.64. The van der Waals surface area contributed by atoms with Crippen LogP contribution in [0.25, 0.3) is 0 Å². The number of hydrogen-bond donors (Lipinski definition) is 0. The van der Waals surface area contributed by atoms with E-state index in [1.807, 2.05) is 5.38 Å². The van der Waals surface area contributed by atoms with E-state index in [1.165, 1.54) is 11.3 Å². The van der Waals surface area contributed by atoms with Crippen molar-refractivity contribution in [2.45, 2.75) is 29.2 Å². The van der Waals surface area contributed by atoms with Crippen LogP contribution in [0.15, 0.2) is 34.7 Å². The molecule has 136 valence electrons. The van der Waals surface area contributed by atoms with Crippen molar-refractivity contribution < 1.29 is 26.0 Å². The highest BCUT2D eigenvalue weighted by molar-refractivity contribution is 7.92. The van der Waals surface area contributed by atoms with Gasteiger partial charge in [0, 0.05) is 30.6 Å². The lowest BCUT2D eigenvalue weighted by Gasteiger charge is -2.34. The van der Waals surface area contributed by atoms with Crippen molar-refractivity contribution in [2.24, 2.45) is 0 Å². The first-order chi connectivity index (χ1) is 11.7. The minimum Gasteiger partial charge on any atom is -0.370 e. The molecule has 0 bridgehead atoms. The number of rotatable bonds is 3. The number of anilines is 1. The number of aromatic nitrogens is 1. The third-order valence-corrected chi connectivity index (χ3v) is 6.53. The fourth-order valence-electron chi connectivity index (χ4n) is 2.92. The normalized spacial score (nSPS) is 19.2. The minimum absolute atomic E-state index is 0.000226. The zero-order valence-corrected chi connectivity index (χ0v) is 14.5. The van der Waals surface area contributed by atoms with Crippen LogP contribution < -0.4 is 4.90 Å². The summed E-state index contributed by atoms with van der Waals surface area (Å²) in [5.41, 5.74) is -5.61. The zero-order chi connectivity index (χ0) is 18.2. The van der Waals surface area contributed by atoms with Crippen molar-refractivity contribution in [3.05, 3.63) is 40.6 Å². The number of hydrogen-bond acceptors (Lipinski definition) is 5. The van der Waals surface area contributed by atoms with Crippen molar-refractivity contribution >= 4 is 26.9 Å². The summed E-state index contributed by atoms with van der Waals surface area (Å²) in [4.78, 5) is 4.75. The first-order valence-corrected chi connectivity index (χ1v) is 9.81. The van der Waals surface area contributed by atoms with Crippen LogP contribution >= 0.6 is 11.3 Å². The fourth-order valence-corrected chi connectivity index (χ4v) is 4.68. The lowest BCUT2D eigenvalue weighted by atomic mass is 9.98. The molecule has 1 atom stereocenters. The summed E-state index contributed by atoms with van der Waals surface area (Å²) in [6, 6.07) is 2.50. The molecule has 4 nitrogen and oxygen atoms in total. The average Bonchev–Trinajstić information content (AvgIpc) is 3.08. The monoisotopic (exact) mass is 394 g/mol. The van der Waals surface area contributed by atoms with Crippen molar-refractivity contribution in [2.75, 3.05) is 18.0 Å². The second-order valence-electron chi connectivity index (χ2n) is 5.72. The molecule has 1 aromatic heterocycles. The molecule has 1 aromatic carbocycles. The van der Waals surface area contributed by atoms with Gasteiger partial charge in [0.1, 0.15) is 10.7 Å². The molecular weight excluding hydrogens is 380 g/mol. The number of thiazole rings is 1. The Hall–Kier alpha value is -1.68. The third-order valence-electron chi connectivity index (χ3n) is 4.08. The van der Waals surface area contributed by atoms with E-state index in [0.29, 0.717) is 25.6 Å². The summed E-state index contributed by atoms with van der Waals surface area (Å²) >= 11 is 1.45. The summed E-state index contributed by atoms with van der Waals surface area (Å²) < 4.78 is 76.1. The minimum atomic E-state index is -5.64. The van der Waals surface area contributed by atoms with Gasteiger partial charge in [-0.15, -0.1) is 11.3 Å². The maximum absolute atomic E-state index is 13.5. The Morgan fingerprint density at radius 1 is 1.28 bits per heavy atom. The van der Waals surface area contributed by atoms with E-state index >= 15 is 0 Å². The van der Waals surface area contributed by atoms with Gasteiger partial charge in [-0.1, -0.05) is 0 Å². The number of benzene rings is 1. The number of alkyl halides is 3. The molecule has 0 aliphatic carbocycles. The highest BCUT2D eigenvalue weighted by atomic mass is 32.2. The smallest absolute Gasteiger partial charge is 0.370 e. The molecule has 0 spiro atoms. The molecule has 1 unspecified atom stereocenters. The van der Waals surface area contributed by atoms with Gasteiger partial charge in [0.05, 0.1) is 10.7 Å². The van der Waals surface area contributed by atoms with Crippen molar-refractivity contribution in [3.8, 4) is 0 Å². The Labute approximate surface area is 146 Å². The summed E-state index contributed by atoms with van der Waals surface area (Å²) in [6.07, 6.45) is 3.13. The zero-order valence-electron chi connectivity index (χ0n) is 12.8. The molecule has 1 aliphatic heterocycles. The van der Waals surface area contributed by atoms with Gasteiger partial charge in [0.2, 0.25) is 0 Å². The van der Waals surface area contributed by atoms with Crippen LogP contribution in [0, 0.1) is 5.82 Å². The third kappa shape index (κ3) is 3.50. The number of piperidine rings is 1. The number of nitrogens with zero attached hydrogens (tertiary/aromatic N) is 2. The Balaban J connectivity index is 2.00. The molecule has 0 saturated carbocycles. The molecule has 25 heavy (non-hydrogen) atoms. The van der Waals surface area contributed by atoms with E-state index in [-0.39, 0.29) is 11.6 Å². The largest absolute Gasteiger partial charge is 0.501 e. The van der Waals surface area contributed by atoms with Crippen LogP contribution in [0.2, 0.25) is 0 Å². The van der Waals surface area contributed by atoms with E-state index in [9.17, 15) is 26.0 Å². The Bertz CT molecular complexity index is 851. The fraction of sp³-hybridized carbons (Fsp3) is 0.400. The molecule has 2 heterocycles. The second-order valence-corrected chi connectivity index (χ2v) is 8.55. The molecule has 1 fully saturated rings. The molecule has 0 amide bonds. The van der Waals surface area contributed by atoms with Gasteiger partial charge < -0.3 is 4.90 Å². The van der Waals surface area contributed by atoms with Gasteiger partial charge in [-0.2, -0.15) is 13.2 Å². The molecule has 3 rings (SSSR count). The van der Waals surface area contributed by atoms with Gasteiger partial charge in [0.15, 0.2) is 0 Å². The predicted molar refractivity (Wildman–Crippen MR) is 85.9 cm³/mol. The number of sulfone groups is 1. The Morgan fingerprint density at radius 3 is 2.68 bits per heavy atom. The van der Waals surface area contributed by atoms with Crippen molar-refractivity contribution in [1.29, 1.82) is 0 Å². The van der Waals surface area contributed by atoms with Crippen LogP contribution in [-0.4, -0.2) is 32.0 Å². The standard InChI is InChI=1S/C15H14F4N2O2S2/c16-11-3-4-12(13(8-11)25(22,23)15(17,18)19)21-6-1-2-10(9-21)14-20-5-7-24-14/h3-5,7-8,10H,1-2,6,9H2. The van der Waals surface area contributed by atoms with E-state index in [0.717, 1.165) is 23.6 Å². The van der Waals surface area contributed by atoms with Crippen LogP contribution in [0.3, 0.4) is 0 Å². The molecule has 2 aromatic rings. The lowest BCUT2D eigenvalue weighted by Crippen LogP contribution is -2.36. The first-order valence-electron chi connectivity index (χ1n) is 7.45. The second kappa shape index (κ2) is 6.56. The molecular formula is C15H14F4N2O2S2. The van der Waals surface area contributed by atoms with Crippen LogP contribution in [0.1, 0.15) is 23.8 Å². The Kier molecular flexibility index (Phi) is 4.76. The SMILES string of the molecule is O=S(=O)(c1cc(F)ccc1N1CCCC(c2nccs2)C1)C(F)(F)F. The molecule has 10 heteroatoms. The first kappa shape index (κ1) is 18.1. The van der Waals surface area contributed by atoms with Crippen molar-refractivity contribution in [3.63, 3.8) is 0 Å². The molecule has 0 radical (unpaired) electrons. The van der Waals surface area contributed by atoms with E-state index in [2.05, 4.69) is 4.98 Å². The van der Waals surface area contributed by atoms with Gasteiger partial charge >= 0.3 is 5.51 Å². The highest BCUT2D eigenvalue weighted by Gasteiger charge is 2.48. The summed E-state index contributed by atoms with van der Waals surface area (Å²) in [6.45, 7) is 0.730. The number of halogens is 4. The summed E-state index contributed by atoms with van der Waals surface area (Å²) in [5, 5.41) is 2.66. The predicted octanol–water partition coefficient (Wildman–Crippen LogP) is 3.96. The van der Waals surface area contributed by atoms with E-state index in [1.54, 1.807) is 11.1 Å². The maximum atomic E-state index is 13.5. The highest BCUT2D eigenvalue weighted by Crippen LogP contribution is 2.39. The lowest BCUT2D eigenvalue weighted by molar-refractivity contribution is -0.0435. The molecule has 1 saturated heterocycles. The topological polar surface area (TPSA) is 50.3 Å². The summed E-state index contributed by atoms with van der Waals surface area (Å²) in [5.74, 6) is -1.03. The van der Waals surface area contributed by atoms with Crippen LogP contribution in [-0.2, 0) is 9.84 Å².